The first kappa shape index (κ1) is 17.5. The number of halogens is 3. The minimum Gasteiger partial charge on any atom is -0.439 e. The molecule has 1 heterocycles. The molecule has 3 rings (SSSR count). The lowest BCUT2D eigenvalue weighted by atomic mass is 9.90. The molecule has 1 fully saturated rings. The number of pyridine rings is 1. The molecule has 1 aliphatic rings. The van der Waals surface area contributed by atoms with Crippen LogP contribution >= 0.6 is 0 Å². The van der Waals surface area contributed by atoms with Gasteiger partial charge in [0, 0.05) is 18.3 Å². The highest BCUT2D eigenvalue weighted by Crippen LogP contribution is 2.30. The Morgan fingerprint density at radius 1 is 1.20 bits per heavy atom. The second kappa shape index (κ2) is 7.27. The van der Waals surface area contributed by atoms with Crippen LogP contribution in [0.4, 0.5) is 13.2 Å². The maximum absolute atomic E-state index is 12.6. The summed E-state index contributed by atoms with van der Waals surface area (Å²) < 4.78 is 43.2. The third kappa shape index (κ3) is 4.82. The Labute approximate surface area is 144 Å². The van der Waals surface area contributed by atoms with Crippen LogP contribution in [0.25, 0.3) is 6.08 Å². The van der Waals surface area contributed by atoms with Gasteiger partial charge in [-0.15, -0.1) is 0 Å². The lowest BCUT2D eigenvalue weighted by Gasteiger charge is -2.20. The summed E-state index contributed by atoms with van der Waals surface area (Å²) in [6, 6.07) is 9.77. The molecule has 0 spiro atoms. The van der Waals surface area contributed by atoms with Crippen molar-refractivity contribution in [2.45, 2.75) is 37.9 Å². The van der Waals surface area contributed by atoms with Gasteiger partial charge in [0.2, 0.25) is 5.88 Å². The molecule has 2 N–H and O–H groups in total. The van der Waals surface area contributed by atoms with Crippen molar-refractivity contribution < 1.29 is 17.9 Å². The molecule has 0 bridgehead atoms. The molecule has 1 saturated carbocycles. The first-order valence-corrected chi connectivity index (χ1v) is 8.16. The summed E-state index contributed by atoms with van der Waals surface area (Å²) in [6.07, 6.45) is 2.55. The van der Waals surface area contributed by atoms with E-state index in [0.29, 0.717) is 5.75 Å². The lowest BCUT2D eigenvalue weighted by Crippen LogP contribution is -2.23. The molecule has 0 aliphatic heterocycles. The smallest absolute Gasteiger partial charge is 0.417 e. The van der Waals surface area contributed by atoms with Crippen molar-refractivity contribution >= 4 is 6.08 Å². The van der Waals surface area contributed by atoms with E-state index in [9.17, 15) is 13.2 Å². The van der Waals surface area contributed by atoms with Gasteiger partial charge in [0.05, 0.1) is 5.56 Å². The number of ether oxygens (including phenoxy) is 1. The summed E-state index contributed by atoms with van der Waals surface area (Å²) in [6.45, 7) is 0. The summed E-state index contributed by atoms with van der Waals surface area (Å²) >= 11 is 0. The monoisotopic (exact) mass is 348 g/mol. The highest BCUT2D eigenvalue weighted by Gasteiger charge is 2.30. The summed E-state index contributed by atoms with van der Waals surface area (Å²) in [5.74, 6) is 0.652. The largest absolute Gasteiger partial charge is 0.439 e. The number of rotatable bonds is 3. The number of benzene rings is 1. The summed E-state index contributed by atoms with van der Waals surface area (Å²) in [7, 11) is 0. The van der Waals surface area contributed by atoms with E-state index < -0.39 is 11.7 Å². The van der Waals surface area contributed by atoms with Crippen molar-refractivity contribution in [3.8, 4) is 11.6 Å². The van der Waals surface area contributed by atoms with Gasteiger partial charge in [-0.1, -0.05) is 23.8 Å². The molecule has 1 aromatic carbocycles. The van der Waals surface area contributed by atoms with Gasteiger partial charge in [0.15, 0.2) is 0 Å². The highest BCUT2D eigenvalue weighted by molar-refractivity contribution is 5.55. The Balaban J connectivity index is 1.72. The van der Waals surface area contributed by atoms with E-state index in [-0.39, 0.29) is 11.9 Å². The highest BCUT2D eigenvalue weighted by atomic mass is 19.4. The average Bonchev–Trinajstić information content (AvgIpc) is 2.55. The minimum atomic E-state index is -4.40. The number of nitrogens with two attached hydrogens (primary N) is 1. The third-order valence-corrected chi connectivity index (χ3v) is 4.11. The van der Waals surface area contributed by atoms with E-state index in [1.54, 1.807) is 6.07 Å². The normalized spacial score (nSPS) is 19.8. The Morgan fingerprint density at radius 3 is 2.72 bits per heavy atom. The Hall–Kier alpha value is -2.34. The van der Waals surface area contributed by atoms with E-state index in [4.69, 9.17) is 10.5 Å². The van der Waals surface area contributed by atoms with Crippen molar-refractivity contribution in [3.05, 3.63) is 59.3 Å². The Kier molecular flexibility index (Phi) is 5.08. The van der Waals surface area contributed by atoms with E-state index in [1.807, 2.05) is 18.2 Å². The molecule has 0 amide bonds. The van der Waals surface area contributed by atoms with Crippen molar-refractivity contribution in [1.82, 2.24) is 4.98 Å². The van der Waals surface area contributed by atoms with Crippen LogP contribution in [0.2, 0.25) is 0 Å². The van der Waals surface area contributed by atoms with Crippen LogP contribution in [0.5, 0.6) is 11.6 Å². The summed E-state index contributed by atoms with van der Waals surface area (Å²) in [5.41, 5.74) is 7.49. The molecule has 0 saturated heterocycles. The second-order valence-electron chi connectivity index (χ2n) is 6.22. The maximum Gasteiger partial charge on any atom is 0.417 e. The molecule has 1 atom stereocenters. The molecule has 1 aliphatic carbocycles. The predicted molar refractivity (Wildman–Crippen MR) is 90.2 cm³/mol. The molecule has 2 aromatic rings. The number of aromatic nitrogens is 1. The standard InChI is InChI=1S/C19H19F3N2O/c20-19(21,22)15-7-8-18(24-12-15)25-17-6-2-4-14(11-17)9-13-3-1-5-16(23)10-13/h2,4,6-9,11-12,16H,1,3,5,10,23H2/b13-9+. The zero-order chi connectivity index (χ0) is 17.9. The van der Waals surface area contributed by atoms with Gasteiger partial charge in [0.1, 0.15) is 5.75 Å². The van der Waals surface area contributed by atoms with Gasteiger partial charge >= 0.3 is 6.18 Å². The van der Waals surface area contributed by atoms with Crippen molar-refractivity contribution in [3.63, 3.8) is 0 Å². The molecule has 0 radical (unpaired) electrons. The molecule has 3 nitrogen and oxygen atoms in total. The van der Waals surface area contributed by atoms with Gasteiger partial charge in [-0.05, 0) is 49.4 Å². The maximum atomic E-state index is 12.6. The van der Waals surface area contributed by atoms with Gasteiger partial charge in [-0.2, -0.15) is 13.2 Å². The lowest BCUT2D eigenvalue weighted by molar-refractivity contribution is -0.137. The van der Waals surface area contributed by atoms with E-state index in [2.05, 4.69) is 11.1 Å². The fraction of sp³-hybridized carbons (Fsp3) is 0.316. The van der Waals surface area contributed by atoms with E-state index in [0.717, 1.165) is 43.5 Å². The van der Waals surface area contributed by atoms with Crippen molar-refractivity contribution in [1.29, 1.82) is 0 Å². The first-order valence-electron chi connectivity index (χ1n) is 8.16. The molecular weight excluding hydrogens is 329 g/mol. The van der Waals surface area contributed by atoms with E-state index >= 15 is 0 Å². The van der Waals surface area contributed by atoms with Gasteiger partial charge < -0.3 is 10.5 Å². The topological polar surface area (TPSA) is 48.1 Å². The Bertz CT molecular complexity index is 754. The zero-order valence-electron chi connectivity index (χ0n) is 13.6. The number of hydrogen-bond acceptors (Lipinski definition) is 3. The van der Waals surface area contributed by atoms with Crippen LogP contribution < -0.4 is 10.5 Å². The number of alkyl halides is 3. The summed E-state index contributed by atoms with van der Waals surface area (Å²) in [4.78, 5) is 3.72. The fourth-order valence-corrected chi connectivity index (χ4v) is 2.90. The van der Waals surface area contributed by atoms with Crippen LogP contribution in [-0.4, -0.2) is 11.0 Å². The van der Waals surface area contributed by atoms with Crippen LogP contribution in [0.1, 0.15) is 36.8 Å². The van der Waals surface area contributed by atoms with Gasteiger partial charge in [0.25, 0.3) is 0 Å². The summed E-state index contributed by atoms with van der Waals surface area (Å²) in [5, 5.41) is 0. The van der Waals surface area contributed by atoms with E-state index in [1.165, 1.54) is 11.6 Å². The third-order valence-electron chi connectivity index (χ3n) is 4.11. The number of nitrogens with zero attached hydrogens (tertiary/aromatic N) is 1. The molecule has 25 heavy (non-hydrogen) atoms. The molecular formula is C19H19F3N2O. The molecule has 132 valence electrons. The van der Waals surface area contributed by atoms with Crippen LogP contribution in [-0.2, 0) is 6.18 Å². The van der Waals surface area contributed by atoms with Crippen molar-refractivity contribution in [2.75, 3.05) is 0 Å². The van der Waals surface area contributed by atoms with Crippen LogP contribution in [0, 0.1) is 0 Å². The zero-order valence-corrected chi connectivity index (χ0v) is 13.6. The fourth-order valence-electron chi connectivity index (χ4n) is 2.90. The molecule has 1 aromatic heterocycles. The number of hydrogen-bond donors (Lipinski definition) is 1. The first-order chi connectivity index (χ1) is 11.9. The SMILES string of the molecule is NC1CCC/C(=C\c2cccc(Oc3ccc(C(F)(F)F)cn3)c2)C1. The minimum absolute atomic E-state index is 0.123. The average molecular weight is 348 g/mol. The van der Waals surface area contributed by atoms with Crippen LogP contribution in [0.3, 0.4) is 0 Å². The van der Waals surface area contributed by atoms with Gasteiger partial charge in [-0.25, -0.2) is 4.98 Å². The predicted octanol–water partition coefficient (Wildman–Crippen LogP) is 5.18. The van der Waals surface area contributed by atoms with Crippen LogP contribution in [0.15, 0.2) is 48.2 Å². The Morgan fingerprint density at radius 2 is 2.04 bits per heavy atom. The quantitative estimate of drug-likeness (QED) is 0.832. The molecule has 1 unspecified atom stereocenters. The van der Waals surface area contributed by atoms with Crippen molar-refractivity contribution in [2.24, 2.45) is 5.73 Å². The molecule has 6 heteroatoms. The second-order valence-corrected chi connectivity index (χ2v) is 6.22. The van der Waals surface area contributed by atoms with Gasteiger partial charge in [-0.3, -0.25) is 0 Å².